The molecule has 3 aliphatic rings. The van der Waals surface area contributed by atoms with Crippen molar-refractivity contribution < 1.29 is 23.8 Å². The fourth-order valence-corrected chi connectivity index (χ4v) is 7.79. The van der Waals surface area contributed by atoms with Crippen molar-refractivity contribution in [2.75, 3.05) is 45.8 Å². The summed E-state index contributed by atoms with van der Waals surface area (Å²) in [6, 6.07) is 11.3. The maximum absolute atomic E-state index is 14.7. The van der Waals surface area contributed by atoms with Crippen LogP contribution in [0.25, 0.3) is 10.8 Å². The Hall–Kier alpha value is -3.75. The monoisotopic (exact) mass is 705 g/mol. The average molecular weight is 706 g/mol. The number of halogens is 1. The summed E-state index contributed by atoms with van der Waals surface area (Å²) in [7, 11) is 0. The zero-order valence-electron chi connectivity index (χ0n) is 29.3. The van der Waals surface area contributed by atoms with E-state index >= 15 is 0 Å². The standard InChI is InChI=1S/C38H52FN7O5/c39-32-11-10-25(23-33-29-8-4-5-9-30(29)37(49)44-43-33)22-31(32)36(48)42-17-16-41-34(47)24-45-18-12-27(13-19-45)51-28-14-20-46(21-15-28)38(50)35(40)26-6-2-1-3-7-26/h4-5,8-11,22,26-28,35-36,42,48H,1-3,6-7,12-21,23-24,40H2,(H,41,47)(H,44,49)/t35-,36?/m1/s1. The van der Waals surface area contributed by atoms with Gasteiger partial charge in [0.1, 0.15) is 12.0 Å². The molecule has 2 aliphatic heterocycles. The molecule has 1 aliphatic carbocycles. The van der Waals surface area contributed by atoms with Crippen molar-refractivity contribution in [1.29, 1.82) is 0 Å². The zero-order valence-corrected chi connectivity index (χ0v) is 29.3. The molecule has 2 atom stereocenters. The van der Waals surface area contributed by atoms with E-state index in [0.717, 1.165) is 62.6 Å². The van der Waals surface area contributed by atoms with Gasteiger partial charge in [0.15, 0.2) is 0 Å². The SMILES string of the molecule is N[C@@H](C(=O)N1CCC(OC2CCN(CC(=O)NCCNC(O)c3cc(Cc4n[nH]c(=O)c5ccccc45)ccc3F)CC2)CC1)C1CCCCC1. The highest BCUT2D eigenvalue weighted by atomic mass is 19.1. The van der Waals surface area contributed by atoms with E-state index in [2.05, 4.69) is 25.7 Å². The number of nitrogens with two attached hydrogens (primary N) is 1. The van der Waals surface area contributed by atoms with Crippen molar-refractivity contribution in [2.45, 2.75) is 88.7 Å². The zero-order chi connectivity index (χ0) is 35.7. The van der Waals surface area contributed by atoms with Crippen molar-refractivity contribution in [3.8, 4) is 0 Å². The number of benzene rings is 2. The molecule has 2 amide bonds. The van der Waals surface area contributed by atoms with E-state index in [1.54, 1.807) is 24.3 Å². The summed E-state index contributed by atoms with van der Waals surface area (Å²) in [5.41, 5.74) is 7.57. The maximum atomic E-state index is 14.7. The molecule has 3 aromatic rings. The Kier molecular flexibility index (Phi) is 12.8. The quantitative estimate of drug-likeness (QED) is 0.133. The summed E-state index contributed by atoms with van der Waals surface area (Å²) in [6.07, 6.45) is 8.46. The molecule has 1 saturated carbocycles. The number of aliphatic hydroxyl groups excluding tert-OH is 1. The van der Waals surface area contributed by atoms with Gasteiger partial charge in [-0.05, 0) is 68.2 Å². The number of aromatic amines is 1. The van der Waals surface area contributed by atoms with Crippen LogP contribution in [0, 0.1) is 11.7 Å². The number of likely N-dealkylation sites (tertiary alicyclic amines) is 2. The van der Waals surface area contributed by atoms with E-state index in [1.807, 2.05) is 17.0 Å². The lowest BCUT2D eigenvalue weighted by Gasteiger charge is -2.38. The first-order valence-corrected chi connectivity index (χ1v) is 18.6. The molecule has 12 nitrogen and oxygen atoms in total. The second-order valence-corrected chi connectivity index (χ2v) is 14.3. The van der Waals surface area contributed by atoms with Crippen molar-refractivity contribution in [1.82, 2.24) is 30.6 Å². The van der Waals surface area contributed by atoms with E-state index in [1.165, 1.54) is 25.3 Å². The molecule has 0 bridgehead atoms. The highest BCUT2D eigenvalue weighted by Crippen LogP contribution is 2.28. The number of rotatable bonds is 13. The van der Waals surface area contributed by atoms with Crippen molar-refractivity contribution in [3.63, 3.8) is 0 Å². The van der Waals surface area contributed by atoms with E-state index in [0.29, 0.717) is 36.5 Å². The molecule has 2 saturated heterocycles. The number of nitrogens with one attached hydrogen (secondary N) is 3. The van der Waals surface area contributed by atoms with Gasteiger partial charge in [-0.1, -0.05) is 43.5 Å². The lowest BCUT2D eigenvalue weighted by Crippen LogP contribution is -2.51. The first-order valence-electron chi connectivity index (χ1n) is 18.6. The van der Waals surface area contributed by atoms with Crippen LogP contribution in [0.2, 0.25) is 0 Å². The Bertz CT molecular complexity index is 1680. The van der Waals surface area contributed by atoms with Crippen LogP contribution >= 0.6 is 0 Å². The lowest BCUT2D eigenvalue weighted by atomic mass is 9.83. The topological polar surface area (TPSA) is 166 Å². The molecule has 6 N–H and O–H groups in total. The minimum Gasteiger partial charge on any atom is -0.375 e. The van der Waals surface area contributed by atoms with E-state index in [9.17, 15) is 23.9 Å². The number of hydrogen-bond donors (Lipinski definition) is 5. The van der Waals surface area contributed by atoms with Crippen molar-refractivity contribution in [3.05, 3.63) is 75.5 Å². The molecule has 0 spiro atoms. The van der Waals surface area contributed by atoms with Gasteiger partial charge in [-0.25, -0.2) is 9.49 Å². The average Bonchev–Trinajstić information content (AvgIpc) is 3.16. The Labute approximate surface area is 298 Å². The predicted octanol–water partition coefficient (Wildman–Crippen LogP) is 2.73. The molecule has 3 heterocycles. The van der Waals surface area contributed by atoms with Gasteiger partial charge >= 0.3 is 0 Å². The number of carbonyl (C=O) groups is 2. The van der Waals surface area contributed by atoms with Gasteiger partial charge in [0.05, 0.1) is 35.9 Å². The third-order valence-electron chi connectivity index (χ3n) is 10.8. The third kappa shape index (κ3) is 9.78. The van der Waals surface area contributed by atoms with Gasteiger partial charge in [0.2, 0.25) is 11.8 Å². The third-order valence-corrected chi connectivity index (χ3v) is 10.8. The molecular weight excluding hydrogens is 653 g/mol. The van der Waals surface area contributed by atoms with E-state index in [-0.39, 0.29) is 60.8 Å². The number of piperidine rings is 2. The number of aromatic nitrogens is 2. The number of nitrogens with zero attached hydrogens (tertiary/aromatic N) is 3. The van der Waals surface area contributed by atoms with Gasteiger partial charge in [-0.2, -0.15) is 5.10 Å². The second-order valence-electron chi connectivity index (χ2n) is 14.3. The number of amides is 2. The van der Waals surface area contributed by atoms with Gasteiger partial charge in [-0.3, -0.25) is 24.6 Å². The van der Waals surface area contributed by atoms with Crippen molar-refractivity contribution in [2.24, 2.45) is 11.7 Å². The fourth-order valence-electron chi connectivity index (χ4n) is 7.79. The van der Waals surface area contributed by atoms with Gasteiger partial charge in [0.25, 0.3) is 5.56 Å². The molecule has 6 rings (SSSR count). The first-order chi connectivity index (χ1) is 24.7. The smallest absolute Gasteiger partial charge is 0.272 e. The molecule has 13 heteroatoms. The molecule has 51 heavy (non-hydrogen) atoms. The molecule has 2 aromatic carbocycles. The van der Waals surface area contributed by atoms with Crippen LogP contribution in [0.1, 0.15) is 80.8 Å². The highest BCUT2D eigenvalue weighted by molar-refractivity contribution is 5.83. The largest absolute Gasteiger partial charge is 0.375 e. The van der Waals surface area contributed by atoms with Crippen LogP contribution in [0.4, 0.5) is 4.39 Å². The van der Waals surface area contributed by atoms with Gasteiger partial charge in [0, 0.05) is 56.6 Å². The molecule has 3 fully saturated rings. The van der Waals surface area contributed by atoms with Crippen LogP contribution in [0.3, 0.4) is 0 Å². The van der Waals surface area contributed by atoms with Gasteiger partial charge in [-0.15, -0.1) is 0 Å². The fraction of sp³-hybridized carbons (Fsp3) is 0.579. The predicted molar refractivity (Wildman–Crippen MR) is 192 cm³/mol. The van der Waals surface area contributed by atoms with Crippen LogP contribution in [-0.2, 0) is 20.7 Å². The van der Waals surface area contributed by atoms with Crippen LogP contribution in [0.15, 0.2) is 47.3 Å². The molecular formula is C38H52FN7O5. The maximum Gasteiger partial charge on any atom is 0.272 e. The lowest BCUT2D eigenvalue weighted by molar-refractivity contribution is -0.138. The Morgan fingerprint density at radius 2 is 1.65 bits per heavy atom. The first kappa shape index (κ1) is 37.0. The summed E-state index contributed by atoms with van der Waals surface area (Å²) < 4.78 is 21.1. The van der Waals surface area contributed by atoms with E-state index < -0.39 is 12.0 Å². The van der Waals surface area contributed by atoms with Crippen molar-refractivity contribution >= 4 is 22.6 Å². The number of aliphatic hydroxyl groups is 1. The number of fused-ring (bicyclic) bond motifs is 1. The summed E-state index contributed by atoms with van der Waals surface area (Å²) in [4.78, 5) is 41.8. The molecule has 1 unspecified atom stereocenters. The Balaban J connectivity index is 0.864. The Morgan fingerprint density at radius 1 is 0.961 bits per heavy atom. The summed E-state index contributed by atoms with van der Waals surface area (Å²) in [5.74, 6) is -0.239. The molecule has 276 valence electrons. The van der Waals surface area contributed by atoms with E-state index in [4.69, 9.17) is 10.5 Å². The number of ether oxygens (including phenoxy) is 1. The highest BCUT2D eigenvalue weighted by Gasteiger charge is 2.33. The van der Waals surface area contributed by atoms with Crippen LogP contribution < -0.4 is 21.9 Å². The second kappa shape index (κ2) is 17.6. The Morgan fingerprint density at radius 3 is 2.37 bits per heavy atom. The molecule has 1 aromatic heterocycles. The number of H-pyrrole nitrogens is 1. The minimum absolute atomic E-state index is 0.0931. The number of carbonyl (C=O) groups excluding carboxylic acids is 2. The van der Waals surface area contributed by atoms with Gasteiger partial charge < -0.3 is 25.8 Å². The minimum atomic E-state index is -1.27. The summed E-state index contributed by atoms with van der Waals surface area (Å²) in [6.45, 7) is 3.73. The summed E-state index contributed by atoms with van der Waals surface area (Å²) >= 11 is 0. The normalized spacial score (nSPS) is 19.6. The molecule has 0 radical (unpaired) electrons. The number of hydrogen-bond acceptors (Lipinski definition) is 9. The van der Waals surface area contributed by atoms with Crippen LogP contribution in [-0.4, -0.2) is 101 Å². The summed E-state index contributed by atoms with van der Waals surface area (Å²) in [5, 5.41) is 24.4. The van der Waals surface area contributed by atoms with Crippen LogP contribution in [0.5, 0.6) is 0 Å².